The average molecular weight is 197 g/mol. The largest absolute Gasteiger partial charge is 0.344 e. The molecule has 1 aromatic heterocycles. The van der Waals surface area contributed by atoms with Crippen LogP contribution < -0.4 is 6.15 Å². The molecule has 0 aromatic carbocycles. The van der Waals surface area contributed by atoms with E-state index in [0.29, 0.717) is 0 Å². The molecular formula is C7H14Cl2N2. The maximum Gasteiger partial charge on any atom is 0.0401 e. The van der Waals surface area contributed by atoms with E-state index in [1.807, 2.05) is 19.2 Å². The van der Waals surface area contributed by atoms with Gasteiger partial charge in [0.15, 0.2) is 0 Å². The predicted molar refractivity (Wildman–Crippen MR) is 53.2 cm³/mol. The summed E-state index contributed by atoms with van der Waals surface area (Å²) in [7, 11) is 0. The van der Waals surface area contributed by atoms with Gasteiger partial charge < -0.3 is 6.15 Å². The van der Waals surface area contributed by atoms with Crippen LogP contribution in [0.25, 0.3) is 0 Å². The van der Waals surface area contributed by atoms with Crippen molar-refractivity contribution in [1.29, 1.82) is 0 Å². The third-order valence-corrected chi connectivity index (χ3v) is 1.27. The lowest BCUT2D eigenvalue weighted by molar-refractivity contribution is 1.15. The van der Waals surface area contributed by atoms with Crippen molar-refractivity contribution in [3.8, 4) is 0 Å². The summed E-state index contributed by atoms with van der Waals surface area (Å²) in [5.41, 5.74) is 2.38. The molecule has 0 aliphatic carbocycles. The first-order valence-corrected chi connectivity index (χ1v) is 2.69. The Labute approximate surface area is 79.8 Å². The fourth-order valence-electron chi connectivity index (χ4n) is 0.565. The van der Waals surface area contributed by atoms with Crippen molar-refractivity contribution in [1.82, 2.24) is 11.1 Å². The highest BCUT2D eigenvalue weighted by Crippen LogP contribution is 1.98. The predicted octanol–water partition coefficient (Wildman–Crippen LogP) is 2.70. The van der Waals surface area contributed by atoms with Crippen molar-refractivity contribution < 1.29 is 0 Å². The Bertz CT molecular complexity index is 171. The zero-order valence-corrected chi connectivity index (χ0v) is 8.34. The second-order valence-corrected chi connectivity index (χ2v) is 1.91. The number of nitrogens with zero attached hydrogens (tertiary/aromatic N) is 1. The topological polar surface area (TPSA) is 47.9 Å². The third kappa shape index (κ3) is 5.01. The summed E-state index contributed by atoms with van der Waals surface area (Å²) in [5, 5.41) is 0. The average Bonchev–Trinajstić information content (AvgIpc) is 1.77. The minimum Gasteiger partial charge on any atom is -0.344 e. The molecule has 0 saturated carbocycles. The second kappa shape index (κ2) is 7.79. The van der Waals surface area contributed by atoms with E-state index in [2.05, 4.69) is 18.0 Å². The molecule has 0 bridgehead atoms. The first kappa shape index (κ1) is 17.0. The summed E-state index contributed by atoms with van der Waals surface area (Å²) in [5.74, 6) is 0. The van der Waals surface area contributed by atoms with Gasteiger partial charge in [-0.15, -0.1) is 24.8 Å². The number of rotatable bonds is 0. The lowest BCUT2D eigenvalue weighted by Gasteiger charge is -1.92. The Kier molecular flexibility index (Phi) is 12.0. The minimum atomic E-state index is 0. The maximum absolute atomic E-state index is 4.08. The molecule has 0 aliphatic rings. The minimum absolute atomic E-state index is 0. The van der Waals surface area contributed by atoms with E-state index in [9.17, 15) is 0 Å². The Morgan fingerprint density at radius 2 is 1.73 bits per heavy atom. The highest BCUT2D eigenvalue weighted by Gasteiger charge is 1.85. The maximum atomic E-state index is 4.08. The van der Waals surface area contributed by atoms with Gasteiger partial charge in [0.2, 0.25) is 0 Å². The molecule has 2 nitrogen and oxygen atoms in total. The third-order valence-electron chi connectivity index (χ3n) is 1.27. The van der Waals surface area contributed by atoms with Crippen LogP contribution in [0.4, 0.5) is 0 Å². The fourth-order valence-corrected chi connectivity index (χ4v) is 0.565. The monoisotopic (exact) mass is 196 g/mol. The molecule has 0 atom stereocenters. The van der Waals surface area contributed by atoms with Crippen molar-refractivity contribution in [3.63, 3.8) is 0 Å². The standard InChI is InChI=1S/C7H9N.2ClH.H3N/c1-6-4-3-5-8-7(6)2;;;/h3-5H,1-2H3;2*1H;1H3. The van der Waals surface area contributed by atoms with Crippen molar-refractivity contribution in [2.75, 3.05) is 0 Å². The molecule has 0 fully saturated rings. The number of hydrogen-bond acceptors (Lipinski definition) is 2. The molecule has 0 radical (unpaired) electrons. The summed E-state index contributed by atoms with van der Waals surface area (Å²) >= 11 is 0. The van der Waals surface area contributed by atoms with Crippen LogP contribution in [-0.2, 0) is 0 Å². The van der Waals surface area contributed by atoms with Crippen LogP contribution >= 0.6 is 24.8 Å². The van der Waals surface area contributed by atoms with Crippen LogP contribution in [0.3, 0.4) is 0 Å². The van der Waals surface area contributed by atoms with Crippen molar-refractivity contribution in [2.24, 2.45) is 0 Å². The highest BCUT2D eigenvalue weighted by atomic mass is 35.5. The Balaban J connectivity index is -0.000000213. The Hall–Kier alpha value is -0.310. The Morgan fingerprint density at radius 1 is 1.18 bits per heavy atom. The first-order chi connectivity index (χ1) is 3.80. The van der Waals surface area contributed by atoms with Crippen molar-refractivity contribution in [3.05, 3.63) is 29.6 Å². The SMILES string of the molecule is Cc1cccnc1C.Cl.Cl.N. The normalized spacial score (nSPS) is 6.73. The Morgan fingerprint density at radius 3 is 2.00 bits per heavy atom. The number of aryl methyl sites for hydroxylation is 2. The summed E-state index contributed by atoms with van der Waals surface area (Å²) < 4.78 is 0. The first-order valence-electron chi connectivity index (χ1n) is 2.69. The van der Waals surface area contributed by atoms with Crippen LogP contribution in [0.1, 0.15) is 11.3 Å². The van der Waals surface area contributed by atoms with Gasteiger partial charge in [-0.2, -0.15) is 0 Å². The lowest BCUT2D eigenvalue weighted by atomic mass is 10.2. The van der Waals surface area contributed by atoms with Gasteiger partial charge in [-0.25, -0.2) is 0 Å². The zero-order valence-electron chi connectivity index (χ0n) is 6.70. The van der Waals surface area contributed by atoms with Gasteiger partial charge in [0, 0.05) is 11.9 Å². The zero-order chi connectivity index (χ0) is 5.98. The molecular weight excluding hydrogens is 183 g/mol. The van der Waals surface area contributed by atoms with E-state index in [1.165, 1.54) is 5.56 Å². The molecule has 1 rings (SSSR count). The van der Waals surface area contributed by atoms with E-state index < -0.39 is 0 Å². The molecule has 3 N–H and O–H groups in total. The van der Waals surface area contributed by atoms with E-state index in [-0.39, 0.29) is 31.0 Å². The second-order valence-electron chi connectivity index (χ2n) is 1.91. The van der Waals surface area contributed by atoms with Gasteiger partial charge in [0.1, 0.15) is 0 Å². The summed E-state index contributed by atoms with van der Waals surface area (Å²) in [6, 6.07) is 4.00. The smallest absolute Gasteiger partial charge is 0.0401 e. The van der Waals surface area contributed by atoms with Crippen LogP contribution in [0.15, 0.2) is 18.3 Å². The summed E-state index contributed by atoms with van der Waals surface area (Å²) in [4.78, 5) is 4.08. The molecule has 0 unspecified atom stereocenters. The summed E-state index contributed by atoms with van der Waals surface area (Å²) in [6.45, 7) is 4.07. The molecule has 1 aromatic rings. The van der Waals surface area contributed by atoms with Crippen molar-refractivity contribution in [2.45, 2.75) is 13.8 Å². The quantitative estimate of drug-likeness (QED) is 0.694. The molecule has 66 valence electrons. The van der Waals surface area contributed by atoms with Crippen LogP contribution in [-0.4, -0.2) is 4.98 Å². The van der Waals surface area contributed by atoms with Crippen LogP contribution in [0.2, 0.25) is 0 Å². The molecule has 11 heavy (non-hydrogen) atoms. The van der Waals surface area contributed by atoms with Gasteiger partial charge in [-0.3, -0.25) is 4.98 Å². The van der Waals surface area contributed by atoms with E-state index in [0.717, 1.165) is 5.69 Å². The van der Waals surface area contributed by atoms with Gasteiger partial charge in [0.05, 0.1) is 0 Å². The van der Waals surface area contributed by atoms with E-state index in [1.54, 1.807) is 0 Å². The van der Waals surface area contributed by atoms with Gasteiger partial charge in [-0.05, 0) is 25.5 Å². The summed E-state index contributed by atoms with van der Waals surface area (Å²) in [6.07, 6.45) is 1.81. The molecule has 0 spiro atoms. The van der Waals surface area contributed by atoms with E-state index >= 15 is 0 Å². The fraction of sp³-hybridized carbons (Fsp3) is 0.286. The lowest BCUT2D eigenvalue weighted by Crippen LogP contribution is -1.81. The van der Waals surface area contributed by atoms with Gasteiger partial charge in [-0.1, -0.05) is 6.07 Å². The number of halogens is 2. The molecule has 0 saturated heterocycles. The van der Waals surface area contributed by atoms with Crippen molar-refractivity contribution >= 4 is 24.8 Å². The number of hydrogen-bond donors (Lipinski definition) is 1. The van der Waals surface area contributed by atoms with Gasteiger partial charge >= 0.3 is 0 Å². The highest BCUT2D eigenvalue weighted by molar-refractivity contribution is 5.85. The number of pyridine rings is 1. The molecule has 0 amide bonds. The molecule has 0 aliphatic heterocycles. The molecule has 4 heteroatoms. The van der Waals surface area contributed by atoms with Crippen LogP contribution in [0, 0.1) is 13.8 Å². The van der Waals surface area contributed by atoms with Crippen LogP contribution in [0.5, 0.6) is 0 Å². The van der Waals surface area contributed by atoms with Gasteiger partial charge in [0.25, 0.3) is 0 Å². The molecule has 1 heterocycles. The van der Waals surface area contributed by atoms with E-state index in [4.69, 9.17) is 0 Å². The number of aromatic nitrogens is 1.